The van der Waals surface area contributed by atoms with Gasteiger partial charge in [0.2, 0.25) is 23.6 Å². The maximum absolute atomic E-state index is 13.6. The fourth-order valence-corrected chi connectivity index (χ4v) is 18.6. The molecule has 0 saturated carbocycles. The number of H-pyrrole nitrogens is 4. The van der Waals surface area contributed by atoms with Crippen LogP contribution in [0.15, 0.2) is 208 Å². The number of hydrogen-bond donors (Lipinski definition) is 8. The van der Waals surface area contributed by atoms with Gasteiger partial charge in [-0.1, -0.05) is 96.0 Å². The van der Waals surface area contributed by atoms with E-state index in [1.54, 1.807) is 170 Å². The number of aromatic amines is 4. The Balaban J connectivity index is 0.000000141. The zero-order valence-electron chi connectivity index (χ0n) is 76.7. The third-order valence-electron chi connectivity index (χ3n) is 25.0. The van der Waals surface area contributed by atoms with Gasteiger partial charge in [-0.3, -0.25) is 86.9 Å². The molecular formula is C100H103ClF4N22O12. The molecule has 2 saturated heterocycles. The Morgan fingerprint density at radius 3 is 0.921 bits per heavy atom. The first kappa shape index (κ1) is 97.6. The highest BCUT2D eigenvalue weighted by Gasteiger charge is 2.42. The van der Waals surface area contributed by atoms with Crippen LogP contribution in [0.5, 0.6) is 0 Å². The van der Waals surface area contributed by atoms with Crippen LogP contribution in [0.1, 0.15) is 222 Å². The van der Waals surface area contributed by atoms with E-state index in [1.807, 2.05) is 27.7 Å². The summed E-state index contributed by atoms with van der Waals surface area (Å²) < 4.78 is 60.5. The summed E-state index contributed by atoms with van der Waals surface area (Å²) in [4.78, 5) is 174. The van der Waals surface area contributed by atoms with Crippen molar-refractivity contribution < 1.29 is 75.1 Å². The number of hydrogen-bond acceptors (Lipinski definition) is 16. The smallest absolute Gasteiger partial charge is 0.278 e. The van der Waals surface area contributed by atoms with E-state index in [4.69, 9.17) is 21.8 Å². The molecule has 4 aromatic carbocycles. The molecule has 18 rings (SSSR count). The summed E-state index contributed by atoms with van der Waals surface area (Å²) in [5, 5.41) is 28.9. The van der Waals surface area contributed by atoms with Crippen LogP contribution in [0, 0.1) is 23.3 Å². The van der Waals surface area contributed by atoms with Gasteiger partial charge in [0, 0.05) is 158 Å². The lowest BCUT2D eigenvalue weighted by molar-refractivity contribution is -0.127. The van der Waals surface area contributed by atoms with Crippen molar-refractivity contribution in [3.05, 3.63) is 344 Å². The highest BCUT2D eigenvalue weighted by molar-refractivity contribution is 6.29. The van der Waals surface area contributed by atoms with E-state index < -0.39 is 23.6 Å². The van der Waals surface area contributed by atoms with Crippen LogP contribution in [0.4, 0.5) is 17.6 Å². The summed E-state index contributed by atoms with van der Waals surface area (Å²) in [6, 6.07) is 37.9. The van der Waals surface area contributed by atoms with Crippen LogP contribution in [0.2, 0.25) is 0 Å². The fraction of sp³-hybridized carbons (Fsp3) is 0.300. The Labute approximate surface area is 800 Å². The maximum atomic E-state index is 13.6. The number of nitrogens with zero attached hydrogens (tertiary/aromatic N) is 14. The molecule has 0 radical (unpaired) electrons. The van der Waals surface area contributed by atoms with Crippen LogP contribution in [0.25, 0.3) is 0 Å². The summed E-state index contributed by atoms with van der Waals surface area (Å²) in [6.45, 7) is 24.4. The van der Waals surface area contributed by atoms with E-state index >= 15 is 0 Å². The second-order valence-corrected chi connectivity index (χ2v) is 35.2. The van der Waals surface area contributed by atoms with Crippen LogP contribution in [-0.2, 0) is 71.5 Å². The Kier molecular flexibility index (Phi) is 30.5. The number of imide groups is 2. The average Bonchev–Trinajstić information content (AvgIpc) is 1.63. The van der Waals surface area contributed by atoms with E-state index in [0.717, 1.165) is 63.9 Å². The molecule has 12 amide bonds. The molecule has 2 fully saturated rings. The van der Waals surface area contributed by atoms with Crippen molar-refractivity contribution in [3.63, 3.8) is 0 Å². The normalized spacial score (nSPS) is 17.3. The minimum Gasteiger partial charge on any atom is -0.357 e. The molecule has 6 aliphatic heterocycles. The van der Waals surface area contributed by atoms with Crippen molar-refractivity contribution in [2.75, 3.05) is 58.2 Å². The van der Waals surface area contributed by atoms with Crippen LogP contribution >= 0.6 is 11.6 Å². The Morgan fingerprint density at radius 2 is 0.647 bits per heavy atom. The Bertz CT molecular complexity index is 6590. The molecule has 6 atom stereocenters. The molecule has 0 spiro atoms. The maximum Gasteiger partial charge on any atom is 0.278 e. The molecule has 0 bridgehead atoms. The Hall–Kier alpha value is -15.9. The van der Waals surface area contributed by atoms with Gasteiger partial charge in [-0.05, 0) is 157 Å². The number of fused-ring (bicyclic) bond motifs is 4. The summed E-state index contributed by atoms with van der Waals surface area (Å²) in [5.41, 5.74) is 11.8. The molecule has 6 aliphatic rings. The van der Waals surface area contributed by atoms with Crippen LogP contribution in [0.3, 0.4) is 0 Å². The first-order chi connectivity index (χ1) is 66.9. The van der Waals surface area contributed by atoms with Gasteiger partial charge in [-0.25, -0.2) is 17.6 Å². The van der Waals surface area contributed by atoms with Crippen LogP contribution < -0.4 is 21.3 Å². The van der Waals surface area contributed by atoms with Crippen molar-refractivity contribution >= 4 is 82.5 Å². The van der Waals surface area contributed by atoms with Crippen molar-refractivity contribution in [1.29, 1.82) is 0 Å². The lowest BCUT2D eigenvalue weighted by Gasteiger charge is -2.33. The number of aromatic nitrogens is 12. The molecule has 8 aromatic heterocycles. The summed E-state index contributed by atoms with van der Waals surface area (Å²) in [6.07, 6.45) is 12.5. The van der Waals surface area contributed by atoms with E-state index in [1.165, 1.54) is 60.7 Å². The summed E-state index contributed by atoms with van der Waals surface area (Å²) in [7, 11) is 0. The van der Waals surface area contributed by atoms with Gasteiger partial charge in [0.15, 0.2) is 22.8 Å². The second-order valence-electron chi connectivity index (χ2n) is 34.9. The quantitative estimate of drug-likeness (QED) is 0.0177. The number of alkyl halides is 1. The summed E-state index contributed by atoms with van der Waals surface area (Å²) >= 11 is 5.52. The molecular weight excluding hydrogens is 1810 g/mol. The number of rotatable bonds is 22. The van der Waals surface area contributed by atoms with Gasteiger partial charge in [-0.2, -0.15) is 20.4 Å². The van der Waals surface area contributed by atoms with Crippen molar-refractivity contribution in [2.24, 2.45) is 0 Å². The lowest BCUT2D eigenvalue weighted by atomic mass is 9.95. The van der Waals surface area contributed by atoms with Crippen molar-refractivity contribution in [3.8, 4) is 0 Å². The van der Waals surface area contributed by atoms with Crippen LogP contribution in [-0.4, -0.2) is 230 Å². The van der Waals surface area contributed by atoms with E-state index in [0.29, 0.717) is 130 Å². The average molecular weight is 1920 g/mol. The molecule has 12 aromatic rings. The minimum absolute atomic E-state index is 0.0661. The van der Waals surface area contributed by atoms with Gasteiger partial charge < -0.3 is 60.0 Å². The molecule has 14 heterocycles. The second kappa shape index (κ2) is 43.4. The molecule has 0 aliphatic carbocycles. The minimum atomic E-state index is -0.675. The molecule has 34 nitrogen and oxygen atoms in total. The van der Waals surface area contributed by atoms with Crippen molar-refractivity contribution in [1.82, 2.24) is 110 Å². The molecule has 39 heteroatoms. The lowest BCUT2D eigenvalue weighted by Crippen LogP contribution is -2.49. The number of halogens is 5. The number of nitrogens with one attached hydrogen (secondary N) is 8. The number of carbonyl (C=O) groups excluding carboxylic acids is 12. The fourth-order valence-electron chi connectivity index (χ4n) is 18.6. The number of amides is 12. The first-order valence-electron chi connectivity index (χ1n) is 45.3. The highest BCUT2D eigenvalue weighted by atomic mass is 35.5. The van der Waals surface area contributed by atoms with Crippen molar-refractivity contribution in [2.45, 2.75) is 135 Å². The van der Waals surface area contributed by atoms with Gasteiger partial charge in [0.1, 0.15) is 51.9 Å². The number of likely N-dealkylation sites (tertiary alicyclic amines) is 2. The molecule has 6 unspecified atom stereocenters. The number of piperidine rings is 1. The topological polar surface area (TPSA) is 407 Å². The third-order valence-corrected chi connectivity index (χ3v) is 25.2. The van der Waals surface area contributed by atoms with Gasteiger partial charge in [0.05, 0.1) is 52.4 Å². The predicted molar refractivity (Wildman–Crippen MR) is 502 cm³/mol. The third kappa shape index (κ3) is 22.6. The largest absolute Gasteiger partial charge is 0.357 e. The predicted octanol–water partition coefficient (Wildman–Crippen LogP) is 11.0. The first-order valence-corrected chi connectivity index (χ1v) is 45.8. The van der Waals surface area contributed by atoms with E-state index in [9.17, 15) is 75.1 Å². The molecule has 720 valence electrons. The zero-order valence-corrected chi connectivity index (χ0v) is 77.4. The monoisotopic (exact) mass is 1910 g/mol. The number of benzene rings is 4. The molecule has 139 heavy (non-hydrogen) atoms. The number of carbonyl (C=O) groups is 12. The highest BCUT2D eigenvalue weighted by Crippen LogP contribution is 2.38. The molecule has 8 N–H and O–H groups in total. The SMILES string of the molecule is C=CC(=O)N1CCC(NC(=O)c2nn(Cc3ccc(F)cc3)c3c2CN(C(=O)c2ccc[nH]2)CC3C)C1.C=CC(=O)N1CCCC(NC(=O)c2nn(Cc3ccc(F)cc3)c3c2CN(C(=O)c2ccc[nH]2)CC3C)C1.C=CC(=O)NC(=O)c1nn(Cc2ccc(F)cc2)c2c1CN(C(=O)c1ccc[nH]1)CC2C.CC1CN(C(=O)c2ccc[nH]2)Cc2c(C(=O)NC(=O)CCl)nn(Cc3ccc(F)cc3)c21. The van der Waals surface area contributed by atoms with E-state index in [2.05, 4.69) is 71.1 Å². The summed E-state index contributed by atoms with van der Waals surface area (Å²) in [5.74, 6) is -6.37. The Morgan fingerprint density at radius 1 is 0.367 bits per heavy atom. The van der Waals surface area contributed by atoms with Gasteiger partial charge in [0.25, 0.3) is 47.3 Å². The standard InChI is InChI=1S/C28H31FN6O3.C27H29FN6O3.C23H22FN5O3.C22H21ClFN5O3/c1-3-24(36)33-13-5-6-21(16-33)31-27(37)25-22-17-34(28(38)23-7-4-12-30-23)14-18(2)26(22)35(32-25)15-19-8-10-20(29)11-9-19;1-3-23(35)32-12-10-20(15-32)30-26(36)24-21-16-33(27(37)22-5-4-11-29-22)13-17(2)25(21)34(31-24)14-18-6-8-19(28)9-7-18;1-3-19(30)26-22(31)20-17-13-28(23(32)18-5-4-10-25-18)11-14(2)21(17)29(27-20)12-15-6-8-16(24)9-7-15;1-13-10-28(22(32)17-3-2-8-25-17)12-16-19(21(31)26-18(30)9-23)27-29(20(13)16)11-14-4-6-15(24)7-5-14/h3-4,7-12,18,21,30H,1,5-6,13-17H2,2H3,(H,31,37);3-9,11,17,20,29H,1,10,12-16H2,2H3,(H,30,36);3-10,14,25H,1,11-13H2,2H3,(H,26,30,31);2-8,13,25H,9-12H2,1H3,(H,26,30,31). The zero-order chi connectivity index (χ0) is 98.6. The van der Waals surface area contributed by atoms with Gasteiger partial charge >= 0.3 is 0 Å². The van der Waals surface area contributed by atoms with Gasteiger partial charge in [-0.15, -0.1) is 11.6 Å². The van der Waals surface area contributed by atoms with E-state index in [-0.39, 0.29) is 161 Å².